The van der Waals surface area contributed by atoms with E-state index in [1.807, 2.05) is 0 Å². The number of hydrogen-bond acceptors (Lipinski definition) is 4. The highest BCUT2D eigenvalue weighted by molar-refractivity contribution is 7.89. The molecule has 0 saturated carbocycles. The predicted octanol–water partition coefficient (Wildman–Crippen LogP) is 0.556. The maximum Gasteiger partial charge on any atom is 0.216 e. The Morgan fingerprint density at radius 1 is 1.39 bits per heavy atom. The first-order valence-electron chi connectivity index (χ1n) is 6.75. The zero-order valence-electron chi connectivity index (χ0n) is 11.1. The Labute approximate surface area is 110 Å². The molecule has 0 aromatic carbocycles. The first-order valence-corrected chi connectivity index (χ1v) is 8.36. The molecule has 6 heteroatoms. The van der Waals surface area contributed by atoms with Crippen molar-refractivity contribution >= 4 is 10.0 Å². The van der Waals surface area contributed by atoms with Gasteiger partial charge in [-0.2, -0.15) is 0 Å². The molecule has 2 saturated heterocycles. The first-order chi connectivity index (χ1) is 8.45. The molecule has 0 amide bonds. The van der Waals surface area contributed by atoms with E-state index in [-0.39, 0.29) is 17.3 Å². The second-order valence-electron chi connectivity index (χ2n) is 5.83. The van der Waals surface area contributed by atoms with Gasteiger partial charge in [0.1, 0.15) is 0 Å². The van der Waals surface area contributed by atoms with Gasteiger partial charge in [-0.05, 0) is 37.6 Å². The minimum Gasteiger partial charge on any atom is -0.377 e. The number of hydrogen-bond donors (Lipinski definition) is 1. The fourth-order valence-electron chi connectivity index (χ4n) is 2.62. The standard InChI is InChI=1S/C12H24N2O3S/c1-12(10-13)4-6-14(7-5-12)18(15,16)9-11-3-2-8-17-11/h11H,2-10,13H2,1H3. The van der Waals surface area contributed by atoms with Gasteiger partial charge in [-0.15, -0.1) is 0 Å². The highest BCUT2D eigenvalue weighted by Crippen LogP contribution is 2.31. The number of rotatable bonds is 4. The van der Waals surface area contributed by atoms with Crippen LogP contribution in [0.3, 0.4) is 0 Å². The van der Waals surface area contributed by atoms with E-state index in [4.69, 9.17) is 10.5 Å². The van der Waals surface area contributed by atoms with Crippen LogP contribution in [-0.2, 0) is 14.8 Å². The average molecular weight is 276 g/mol. The topological polar surface area (TPSA) is 72.6 Å². The third-order valence-electron chi connectivity index (χ3n) is 4.24. The van der Waals surface area contributed by atoms with Gasteiger partial charge in [0.05, 0.1) is 11.9 Å². The van der Waals surface area contributed by atoms with Crippen molar-refractivity contribution in [2.24, 2.45) is 11.1 Å². The van der Waals surface area contributed by atoms with Crippen molar-refractivity contribution < 1.29 is 13.2 Å². The quantitative estimate of drug-likeness (QED) is 0.814. The van der Waals surface area contributed by atoms with Gasteiger partial charge in [0.2, 0.25) is 10.0 Å². The van der Waals surface area contributed by atoms with Crippen LogP contribution in [0.25, 0.3) is 0 Å². The molecule has 1 atom stereocenters. The van der Waals surface area contributed by atoms with Gasteiger partial charge in [-0.1, -0.05) is 6.92 Å². The van der Waals surface area contributed by atoms with Crippen LogP contribution in [-0.4, -0.2) is 50.8 Å². The fourth-order valence-corrected chi connectivity index (χ4v) is 4.31. The molecule has 1 unspecified atom stereocenters. The molecule has 0 aromatic rings. The Balaban J connectivity index is 1.91. The molecule has 2 aliphatic heterocycles. The van der Waals surface area contributed by atoms with Gasteiger partial charge in [-0.3, -0.25) is 0 Å². The lowest BCUT2D eigenvalue weighted by molar-refractivity contribution is 0.124. The van der Waals surface area contributed by atoms with Gasteiger partial charge < -0.3 is 10.5 Å². The summed E-state index contributed by atoms with van der Waals surface area (Å²) in [5.74, 6) is 0.145. The molecule has 0 aromatic heterocycles. The molecule has 0 radical (unpaired) electrons. The minimum absolute atomic E-state index is 0.0992. The third-order valence-corrected chi connectivity index (χ3v) is 6.18. The Morgan fingerprint density at radius 2 is 2.06 bits per heavy atom. The summed E-state index contributed by atoms with van der Waals surface area (Å²) in [7, 11) is -3.16. The largest absolute Gasteiger partial charge is 0.377 e. The van der Waals surface area contributed by atoms with Gasteiger partial charge in [0, 0.05) is 19.7 Å². The van der Waals surface area contributed by atoms with Crippen LogP contribution >= 0.6 is 0 Å². The van der Waals surface area contributed by atoms with Crippen molar-refractivity contribution in [1.29, 1.82) is 0 Å². The fraction of sp³-hybridized carbons (Fsp3) is 1.00. The third kappa shape index (κ3) is 3.23. The summed E-state index contributed by atoms with van der Waals surface area (Å²) in [5.41, 5.74) is 5.84. The molecule has 2 heterocycles. The first kappa shape index (κ1) is 14.2. The highest BCUT2D eigenvalue weighted by Gasteiger charge is 2.35. The van der Waals surface area contributed by atoms with Gasteiger partial charge >= 0.3 is 0 Å². The van der Waals surface area contributed by atoms with Crippen LogP contribution in [0.1, 0.15) is 32.6 Å². The maximum absolute atomic E-state index is 12.3. The smallest absolute Gasteiger partial charge is 0.216 e. The zero-order chi connectivity index (χ0) is 13.2. The normalized spacial score (nSPS) is 29.6. The molecule has 0 aliphatic carbocycles. The van der Waals surface area contributed by atoms with Crippen molar-refractivity contribution in [1.82, 2.24) is 4.31 Å². The van der Waals surface area contributed by atoms with E-state index in [2.05, 4.69) is 6.92 Å². The van der Waals surface area contributed by atoms with E-state index in [0.29, 0.717) is 26.2 Å². The van der Waals surface area contributed by atoms with Crippen LogP contribution in [0.5, 0.6) is 0 Å². The zero-order valence-corrected chi connectivity index (χ0v) is 11.9. The Morgan fingerprint density at radius 3 is 2.56 bits per heavy atom. The van der Waals surface area contributed by atoms with Crippen molar-refractivity contribution in [3.05, 3.63) is 0 Å². The van der Waals surface area contributed by atoms with E-state index >= 15 is 0 Å². The monoisotopic (exact) mass is 276 g/mol. The second kappa shape index (κ2) is 5.45. The van der Waals surface area contributed by atoms with Gasteiger partial charge in [0.15, 0.2) is 0 Å². The highest BCUT2D eigenvalue weighted by atomic mass is 32.2. The maximum atomic E-state index is 12.3. The summed E-state index contributed by atoms with van der Waals surface area (Å²) in [6, 6.07) is 0. The molecule has 2 rings (SSSR count). The summed E-state index contributed by atoms with van der Waals surface area (Å²) in [4.78, 5) is 0. The molecule has 2 fully saturated rings. The van der Waals surface area contributed by atoms with E-state index in [0.717, 1.165) is 25.7 Å². The van der Waals surface area contributed by atoms with Crippen molar-refractivity contribution in [3.8, 4) is 0 Å². The van der Waals surface area contributed by atoms with Crippen LogP contribution in [0.15, 0.2) is 0 Å². The molecule has 18 heavy (non-hydrogen) atoms. The molecular formula is C12H24N2O3S. The number of nitrogens with zero attached hydrogens (tertiary/aromatic N) is 1. The SMILES string of the molecule is CC1(CN)CCN(S(=O)(=O)CC2CCCO2)CC1. The van der Waals surface area contributed by atoms with Crippen molar-refractivity contribution in [3.63, 3.8) is 0 Å². The average Bonchev–Trinajstić information content (AvgIpc) is 2.82. The Bertz CT molecular complexity index is 369. The molecule has 106 valence electrons. The summed E-state index contributed by atoms with van der Waals surface area (Å²) < 4.78 is 31.5. The van der Waals surface area contributed by atoms with Gasteiger partial charge in [0.25, 0.3) is 0 Å². The van der Waals surface area contributed by atoms with Crippen LogP contribution in [0.4, 0.5) is 0 Å². The Kier molecular flexibility index (Phi) is 4.31. The predicted molar refractivity (Wildman–Crippen MR) is 70.7 cm³/mol. The summed E-state index contributed by atoms with van der Waals surface area (Å²) >= 11 is 0. The lowest BCUT2D eigenvalue weighted by Gasteiger charge is -2.38. The van der Waals surface area contributed by atoms with E-state index in [9.17, 15) is 8.42 Å². The molecular weight excluding hydrogens is 252 g/mol. The second-order valence-corrected chi connectivity index (χ2v) is 7.84. The number of nitrogens with two attached hydrogens (primary N) is 1. The van der Waals surface area contributed by atoms with Crippen molar-refractivity contribution in [2.75, 3.05) is 32.0 Å². The molecule has 0 bridgehead atoms. The van der Waals surface area contributed by atoms with Crippen LogP contribution in [0, 0.1) is 5.41 Å². The summed E-state index contributed by atoms with van der Waals surface area (Å²) in [6.07, 6.45) is 3.46. The van der Waals surface area contributed by atoms with E-state index in [1.54, 1.807) is 4.31 Å². The molecule has 2 aliphatic rings. The van der Waals surface area contributed by atoms with E-state index in [1.165, 1.54) is 0 Å². The molecule has 5 nitrogen and oxygen atoms in total. The van der Waals surface area contributed by atoms with Crippen LogP contribution < -0.4 is 5.73 Å². The molecule has 0 spiro atoms. The summed E-state index contributed by atoms with van der Waals surface area (Å²) in [5, 5.41) is 0. The molecule has 2 N–H and O–H groups in total. The minimum atomic E-state index is -3.16. The van der Waals surface area contributed by atoms with Crippen LogP contribution in [0.2, 0.25) is 0 Å². The number of sulfonamides is 1. The number of piperidine rings is 1. The lowest BCUT2D eigenvalue weighted by Crippen LogP contribution is -2.46. The van der Waals surface area contributed by atoms with E-state index < -0.39 is 10.0 Å². The van der Waals surface area contributed by atoms with Gasteiger partial charge in [-0.25, -0.2) is 12.7 Å². The summed E-state index contributed by atoms with van der Waals surface area (Å²) in [6.45, 7) is 4.67. The Hall–Kier alpha value is -0.170. The lowest BCUT2D eigenvalue weighted by atomic mass is 9.81. The van der Waals surface area contributed by atoms with Crippen molar-refractivity contribution in [2.45, 2.75) is 38.7 Å². The number of ether oxygens (including phenoxy) is 1.